The van der Waals surface area contributed by atoms with Crippen molar-refractivity contribution in [2.24, 2.45) is 5.92 Å². The molecule has 1 saturated heterocycles. The van der Waals surface area contributed by atoms with E-state index in [0.717, 1.165) is 24.6 Å². The monoisotopic (exact) mass is 283 g/mol. The average molecular weight is 283 g/mol. The fourth-order valence-corrected chi connectivity index (χ4v) is 3.00. The summed E-state index contributed by atoms with van der Waals surface area (Å²) in [6.45, 7) is 8.69. The number of esters is 1. The molecule has 0 aromatic carbocycles. The standard InChI is InChI=1S/C13H21N3O2S/c1-3-16-6-5-10(8-16)7-14-12-11(15-9-19-12)13(17)18-4-2/h9-10,14H,3-8H2,1-2H3. The summed E-state index contributed by atoms with van der Waals surface area (Å²) >= 11 is 1.46. The van der Waals surface area contributed by atoms with E-state index < -0.39 is 0 Å². The Hall–Kier alpha value is -1.14. The summed E-state index contributed by atoms with van der Waals surface area (Å²) in [4.78, 5) is 18.2. The molecular weight excluding hydrogens is 262 g/mol. The number of carbonyl (C=O) groups is 1. The molecule has 1 aliphatic rings. The van der Waals surface area contributed by atoms with E-state index in [4.69, 9.17) is 4.74 Å². The van der Waals surface area contributed by atoms with Crippen molar-refractivity contribution in [3.05, 3.63) is 11.2 Å². The van der Waals surface area contributed by atoms with Crippen LogP contribution in [0.1, 0.15) is 30.8 Å². The predicted octanol–water partition coefficient (Wildman–Crippen LogP) is 2.07. The largest absolute Gasteiger partial charge is 0.461 e. The molecule has 0 saturated carbocycles. The van der Waals surface area contributed by atoms with E-state index in [1.165, 1.54) is 24.3 Å². The van der Waals surface area contributed by atoms with Crippen molar-refractivity contribution in [2.45, 2.75) is 20.3 Å². The summed E-state index contributed by atoms with van der Waals surface area (Å²) in [5.41, 5.74) is 2.10. The number of aromatic nitrogens is 1. The molecule has 1 N–H and O–H groups in total. The van der Waals surface area contributed by atoms with Gasteiger partial charge in [0.05, 0.1) is 12.1 Å². The summed E-state index contributed by atoms with van der Waals surface area (Å²) in [6, 6.07) is 0. The molecule has 1 aliphatic heterocycles. The van der Waals surface area contributed by atoms with E-state index in [2.05, 4.69) is 22.1 Å². The Balaban J connectivity index is 1.86. The van der Waals surface area contributed by atoms with Gasteiger partial charge in [-0.2, -0.15) is 0 Å². The van der Waals surface area contributed by atoms with Gasteiger partial charge in [-0.25, -0.2) is 9.78 Å². The van der Waals surface area contributed by atoms with Crippen molar-refractivity contribution < 1.29 is 9.53 Å². The number of rotatable bonds is 6. The molecule has 1 aromatic rings. The Labute approximate surface area is 118 Å². The molecule has 1 atom stereocenters. The summed E-state index contributed by atoms with van der Waals surface area (Å²) in [6.07, 6.45) is 1.22. The number of hydrogen-bond donors (Lipinski definition) is 1. The molecule has 106 valence electrons. The van der Waals surface area contributed by atoms with Crippen molar-refractivity contribution in [3.63, 3.8) is 0 Å². The highest BCUT2D eigenvalue weighted by atomic mass is 32.1. The van der Waals surface area contributed by atoms with Gasteiger partial charge in [-0.1, -0.05) is 6.92 Å². The topological polar surface area (TPSA) is 54.5 Å². The molecule has 19 heavy (non-hydrogen) atoms. The lowest BCUT2D eigenvalue weighted by Crippen LogP contribution is -2.22. The van der Waals surface area contributed by atoms with E-state index in [-0.39, 0.29) is 5.97 Å². The number of likely N-dealkylation sites (tertiary alicyclic amines) is 1. The molecule has 5 nitrogen and oxygen atoms in total. The van der Waals surface area contributed by atoms with Crippen LogP contribution in [0.2, 0.25) is 0 Å². The number of nitrogens with zero attached hydrogens (tertiary/aromatic N) is 2. The fraction of sp³-hybridized carbons (Fsp3) is 0.692. The third-order valence-corrected chi connectivity index (χ3v) is 4.19. The van der Waals surface area contributed by atoms with Gasteiger partial charge in [0.1, 0.15) is 5.00 Å². The lowest BCUT2D eigenvalue weighted by Gasteiger charge is -2.14. The Kier molecular flexibility index (Phi) is 5.15. The summed E-state index contributed by atoms with van der Waals surface area (Å²) in [5, 5.41) is 4.17. The van der Waals surface area contributed by atoms with E-state index in [0.29, 0.717) is 18.2 Å². The molecule has 6 heteroatoms. The van der Waals surface area contributed by atoms with Crippen LogP contribution in [0.3, 0.4) is 0 Å². The molecule has 1 unspecified atom stereocenters. The second-order valence-electron chi connectivity index (χ2n) is 4.68. The van der Waals surface area contributed by atoms with Crippen molar-refractivity contribution in [2.75, 3.05) is 38.1 Å². The number of ether oxygens (including phenoxy) is 1. The molecule has 0 spiro atoms. The molecule has 0 bridgehead atoms. The highest BCUT2D eigenvalue weighted by molar-refractivity contribution is 7.14. The number of anilines is 1. The third-order valence-electron chi connectivity index (χ3n) is 3.40. The molecule has 2 heterocycles. The second-order valence-corrected chi connectivity index (χ2v) is 5.53. The molecule has 0 amide bonds. The van der Waals surface area contributed by atoms with Crippen LogP contribution >= 0.6 is 11.3 Å². The third kappa shape index (κ3) is 3.67. The van der Waals surface area contributed by atoms with E-state index in [1.807, 2.05) is 0 Å². The van der Waals surface area contributed by atoms with Gasteiger partial charge in [0.15, 0.2) is 5.69 Å². The first-order valence-corrected chi connectivity index (χ1v) is 7.69. The Bertz CT molecular complexity index is 422. The normalized spacial score (nSPS) is 19.6. The first-order chi connectivity index (χ1) is 9.24. The first kappa shape index (κ1) is 14.3. The highest BCUT2D eigenvalue weighted by Gasteiger charge is 2.22. The van der Waals surface area contributed by atoms with Crippen LogP contribution in [0, 0.1) is 5.92 Å². The quantitative estimate of drug-likeness (QED) is 0.810. The Morgan fingerprint density at radius 2 is 2.47 bits per heavy atom. The van der Waals surface area contributed by atoms with Gasteiger partial charge in [-0.05, 0) is 32.4 Å². The number of thiazole rings is 1. The summed E-state index contributed by atoms with van der Waals surface area (Å²) < 4.78 is 4.99. The van der Waals surface area contributed by atoms with Crippen LogP contribution in [-0.2, 0) is 4.74 Å². The zero-order chi connectivity index (χ0) is 13.7. The van der Waals surface area contributed by atoms with Crippen molar-refractivity contribution in [3.8, 4) is 0 Å². The molecular formula is C13H21N3O2S. The van der Waals surface area contributed by atoms with Crippen LogP contribution in [0.15, 0.2) is 5.51 Å². The van der Waals surface area contributed by atoms with Crippen molar-refractivity contribution in [1.29, 1.82) is 0 Å². The van der Waals surface area contributed by atoms with Crippen molar-refractivity contribution in [1.82, 2.24) is 9.88 Å². The fourth-order valence-electron chi connectivity index (χ4n) is 2.32. The smallest absolute Gasteiger partial charge is 0.360 e. The van der Waals surface area contributed by atoms with Gasteiger partial charge in [0, 0.05) is 13.1 Å². The minimum Gasteiger partial charge on any atom is -0.461 e. The molecule has 0 radical (unpaired) electrons. The van der Waals surface area contributed by atoms with Gasteiger partial charge in [0.2, 0.25) is 0 Å². The van der Waals surface area contributed by atoms with Crippen LogP contribution in [0.4, 0.5) is 5.00 Å². The van der Waals surface area contributed by atoms with E-state index in [1.54, 1.807) is 12.4 Å². The minimum absolute atomic E-state index is 0.340. The maximum absolute atomic E-state index is 11.7. The van der Waals surface area contributed by atoms with Crippen LogP contribution in [-0.4, -0.2) is 48.6 Å². The maximum atomic E-state index is 11.7. The molecule has 1 aromatic heterocycles. The highest BCUT2D eigenvalue weighted by Crippen LogP contribution is 2.23. The zero-order valence-electron chi connectivity index (χ0n) is 11.5. The lowest BCUT2D eigenvalue weighted by atomic mass is 10.1. The average Bonchev–Trinajstić information content (AvgIpc) is 3.05. The number of hydrogen-bond acceptors (Lipinski definition) is 6. The van der Waals surface area contributed by atoms with Gasteiger partial charge >= 0.3 is 5.97 Å². The van der Waals surface area contributed by atoms with Crippen LogP contribution < -0.4 is 5.32 Å². The summed E-state index contributed by atoms with van der Waals surface area (Å²) in [7, 11) is 0. The van der Waals surface area contributed by atoms with Gasteiger partial charge in [0.25, 0.3) is 0 Å². The van der Waals surface area contributed by atoms with Gasteiger partial charge < -0.3 is 15.0 Å². The van der Waals surface area contributed by atoms with Crippen molar-refractivity contribution >= 4 is 22.3 Å². The molecule has 2 rings (SSSR count). The Morgan fingerprint density at radius 1 is 1.63 bits per heavy atom. The van der Waals surface area contributed by atoms with Gasteiger partial charge in [-0.3, -0.25) is 0 Å². The second kappa shape index (κ2) is 6.86. The zero-order valence-corrected chi connectivity index (χ0v) is 12.3. The molecule has 0 aliphatic carbocycles. The summed E-state index contributed by atoms with van der Waals surface area (Å²) in [5.74, 6) is 0.310. The predicted molar refractivity (Wildman–Crippen MR) is 76.8 cm³/mol. The number of carbonyl (C=O) groups excluding carboxylic acids is 1. The number of nitrogens with one attached hydrogen (secondary N) is 1. The van der Waals surface area contributed by atoms with Crippen LogP contribution in [0.5, 0.6) is 0 Å². The SMILES string of the molecule is CCOC(=O)c1ncsc1NCC1CCN(CC)C1. The van der Waals surface area contributed by atoms with Gasteiger partial charge in [-0.15, -0.1) is 11.3 Å². The lowest BCUT2D eigenvalue weighted by molar-refractivity contribution is 0.0521. The van der Waals surface area contributed by atoms with E-state index >= 15 is 0 Å². The van der Waals surface area contributed by atoms with E-state index in [9.17, 15) is 4.79 Å². The van der Waals surface area contributed by atoms with Crippen LogP contribution in [0.25, 0.3) is 0 Å². The molecule has 1 fully saturated rings. The Morgan fingerprint density at radius 3 is 3.16 bits per heavy atom. The first-order valence-electron chi connectivity index (χ1n) is 6.81. The maximum Gasteiger partial charge on any atom is 0.360 e. The minimum atomic E-state index is -0.340.